The Kier molecular flexibility index (Phi) is 2.44. The van der Waals surface area contributed by atoms with Crippen LogP contribution in [0.3, 0.4) is 0 Å². The highest BCUT2D eigenvalue weighted by molar-refractivity contribution is 9.10. The highest BCUT2D eigenvalue weighted by Gasteiger charge is 2.16. The molecule has 1 aliphatic rings. The smallest absolute Gasteiger partial charge is 0.231 e. The van der Waals surface area contributed by atoms with Gasteiger partial charge in [-0.2, -0.15) is 0 Å². The van der Waals surface area contributed by atoms with Gasteiger partial charge in [0.25, 0.3) is 0 Å². The SMILES string of the molecule is Oc1cccc(Br)c1-c1ccc2c(c1)OCO2. The maximum absolute atomic E-state index is 9.89. The molecule has 0 atom stereocenters. The van der Waals surface area contributed by atoms with Crippen LogP contribution in [0.1, 0.15) is 0 Å². The van der Waals surface area contributed by atoms with E-state index < -0.39 is 0 Å². The summed E-state index contributed by atoms with van der Waals surface area (Å²) in [6.07, 6.45) is 0. The number of benzene rings is 2. The normalized spacial score (nSPS) is 12.8. The van der Waals surface area contributed by atoms with Crippen LogP contribution in [-0.4, -0.2) is 11.9 Å². The Morgan fingerprint density at radius 2 is 1.88 bits per heavy atom. The monoisotopic (exact) mass is 292 g/mol. The summed E-state index contributed by atoms with van der Waals surface area (Å²) in [6, 6.07) is 10.9. The predicted octanol–water partition coefficient (Wildman–Crippen LogP) is 3.55. The first-order chi connectivity index (χ1) is 8.25. The zero-order valence-corrected chi connectivity index (χ0v) is 10.4. The first-order valence-electron chi connectivity index (χ1n) is 5.13. The Hall–Kier alpha value is -1.68. The van der Waals surface area contributed by atoms with E-state index >= 15 is 0 Å². The second-order valence-electron chi connectivity index (χ2n) is 3.70. The number of hydrogen-bond donors (Lipinski definition) is 1. The molecule has 0 amide bonds. The highest BCUT2D eigenvalue weighted by Crippen LogP contribution is 2.41. The van der Waals surface area contributed by atoms with E-state index in [1.165, 1.54) is 0 Å². The van der Waals surface area contributed by atoms with Gasteiger partial charge in [-0.05, 0) is 29.8 Å². The summed E-state index contributed by atoms with van der Waals surface area (Å²) in [5.74, 6) is 1.68. The predicted molar refractivity (Wildman–Crippen MR) is 67.4 cm³/mol. The van der Waals surface area contributed by atoms with E-state index in [1.54, 1.807) is 12.1 Å². The average molecular weight is 293 g/mol. The quantitative estimate of drug-likeness (QED) is 0.874. The maximum atomic E-state index is 9.89. The minimum atomic E-state index is 0.234. The molecule has 0 radical (unpaired) electrons. The Morgan fingerprint density at radius 3 is 2.71 bits per heavy atom. The molecule has 2 aromatic rings. The summed E-state index contributed by atoms with van der Waals surface area (Å²) in [7, 11) is 0. The summed E-state index contributed by atoms with van der Waals surface area (Å²) in [4.78, 5) is 0. The molecule has 0 unspecified atom stereocenters. The van der Waals surface area contributed by atoms with Crippen LogP contribution in [0.2, 0.25) is 0 Å². The van der Waals surface area contributed by atoms with Gasteiger partial charge in [-0.1, -0.05) is 28.1 Å². The van der Waals surface area contributed by atoms with Crippen molar-refractivity contribution in [3.8, 4) is 28.4 Å². The van der Waals surface area contributed by atoms with Crippen molar-refractivity contribution in [3.05, 3.63) is 40.9 Å². The largest absolute Gasteiger partial charge is 0.507 e. The minimum Gasteiger partial charge on any atom is -0.507 e. The van der Waals surface area contributed by atoms with Crippen molar-refractivity contribution in [2.45, 2.75) is 0 Å². The molecule has 3 rings (SSSR count). The molecule has 1 heterocycles. The standard InChI is InChI=1S/C13H9BrO3/c14-9-2-1-3-10(15)13(9)8-4-5-11-12(6-8)17-7-16-11/h1-6,15H,7H2. The van der Waals surface area contributed by atoms with Gasteiger partial charge in [0.2, 0.25) is 6.79 Å². The van der Waals surface area contributed by atoms with Crippen LogP contribution in [0.4, 0.5) is 0 Å². The summed E-state index contributed by atoms with van der Waals surface area (Å²) < 4.78 is 11.4. The van der Waals surface area contributed by atoms with Gasteiger partial charge in [-0.25, -0.2) is 0 Å². The van der Waals surface area contributed by atoms with Gasteiger partial charge in [0.1, 0.15) is 5.75 Å². The molecule has 86 valence electrons. The van der Waals surface area contributed by atoms with Crippen LogP contribution in [0, 0.1) is 0 Å². The third-order valence-electron chi connectivity index (χ3n) is 2.65. The van der Waals surface area contributed by atoms with Crippen LogP contribution in [-0.2, 0) is 0 Å². The van der Waals surface area contributed by atoms with Gasteiger partial charge < -0.3 is 14.6 Å². The lowest BCUT2D eigenvalue weighted by Gasteiger charge is -2.08. The van der Waals surface area contributed by atoms with Crippen molar-refractivity contribution >= 4 is 15.9 Å². The van der Waals surface area contributed by atoms with Crippen LogP contribution >= 0.6 is 15.9 Å². The molecule has 0 bridgehead atoms. The number of fused-ring (bicyclic) bond motifs is 1. The molecule has 1 aliphatic heterocycles. The first kappa shape index (κ1) is 10.5. The van der Waals surface area contributed by atoms with E-state index in [4.69, 9.17) is 9.47 Å². The van der Waals surface area contributed by atoms with Crippen LogP contribution in [0.15, 0.2) is 40.9 Å². The van der Waals surface area contributed by atoms with Gasteiger partial charge >= 0.3 is 0 Å². The Bertz CT molecular complexity index is 561. The topological polar surface area (TPSA) is 38.7 Å². The van der Waals surface area contributed by atoms with Crippen LogP contribution in [0.25, 0.3) is 11.1 Å². The number of rotatable bonds is 1. The fraction of sp³-hybridized carbons (Fsp3) is 0.0769. The summed E-state index contributed by atoms with van der Waals surface area (Å²) in [6.45, 7) is 0.251. The highest BCUT2D eigenvalue weighted by atomic mass is 79.9. The molecule has 17 heavy (non-hydrogen) atoms. The van der Waals surface area contributed by atoms with Crippen molar-refractivity contribution in [1.29, 1.82) is 0 Å². The second-order valence-corrected chi connectivity index (χ2v) is 4.56. The van der Waals surface area contributed by atoms with E-state index in [2.05, 4.69) is 15.9 Å². The van der Waals surface area contributed by atoms with Crippen molar-refractivity contribution in [2.75, 3.05) is 6.79 Å². The Labute approximate surface area is 107 Å². The van der Waals surface area contributed by atoms with E-state index in [0.29, 0.717) is 5.75 Å². The molecule has 4 heteroatoms. The molecular weight excluding hydrogens is 284 g/mol. The van der Waals surface area contributed by atoms with E-state index in [0.717, 1.165) is 21.3 Å². The summed E-state index contributed by atoms with van der Waals surface area (Å²) in [5, 5.41) is 9.89. The van der Waals surface area contributed by atoms with Crippen LogP contribution in [0.5, 0.6) is 17.2 Å². The molecule has 0 saturated carbocycles. The first-order valence-corrected chi connectivity index (χ1v) is 5.92. The third-order valence-corrected chi connectivity index (χ3v) is 3.31. The lowest BCUT2D eigenvalue weighted by atomic mass is 10.0. The number of phenols is 1. The molecule has 1 N–H and O–H groups in total. The van der Waals surface area contributed by atoms with E-state index in [9.17, 15) is 5.11 Å². The number of ether oxygens (including phenoxy) is 2. The number of halogens is 1. The van der Waals surface area contributed by atoms with Gasteiger partial charge in [-0.15, -0.1) is 0 Å². The molecule has 0 fully saturated rings. The number of hydrogen-bond acceptors (Lipinski definition) is 3. The molecule has 0 saturated heterocycles. The van der Waals surface area contributed by atoms with Crippen molar-refractivity contribution in [2.24, 2.45) is 0 Å². The molecule has 0 aliphatic carbocycles. The van der Waals surface area contributed by atoms with E-state index in [-0.39, 0.29) is 12.5 Å². The van der Waals surface area contributed by atoms with Gasteiger partial charge in [0.15, 0.2) is 11.5 Å². The number of phenolic OH excluding ortho intramolecular Hbond substituents is 1. The Balaban J connectivity index is 2.16. The Morgan fingerprint density at radius 1 is 1.06 bits per heavy atom. The van der Waals surface area contributed by atoms with Gasteiger partial charge in [0.05, 0.1) is 0 Å². The molecule has 0 spiro atoms. The molecular formula is C13H9BrO3. The minimum absolute atomic E-state index is 0.234. The van der Waals surface area contributed by atoms with Gasteiger partial charge in [0, 0.05) is 10.0 Å². The van der Waals surface area contributed by atoms with E-state index in [1.807, 2.05) is 24.3 Å². The summed E-state index contributed by atoms with van der Waals surface area (Å²) >= 11 is 3.43. The van der Waals surface area contributed by atoms with Crippen LogP contribution < -0.4 is 9.47 Å². The lowest BCUT2D eigenvalue weighted by molar-refractivity contribution is 0.174. The molecule has 2 aromatic carbocycles. The second kappa shape index (κ2) is 3.96. The maximum Gasteiger partial charge on any atom is 0.231 e. The van der Waals surface area contributed by atoms with Crippen molar-refractivity contribution in [1.82, 2.24) is 0 Å². The van der Waals surface area contributed by atoms with Gasteiger partial charge in [-0.3, -0.25) is 0 Å². The lowest BCUT2D eigenvalue weighted by Crippen LogP contribution is -1.92. The molecule has 0 aromatic heterocycles. The molecule has 3 nitrogen and oxygen atoms in total. The fourth-order valence-electron chi connectivity index (χ4n) is 1.85. The zero-order valence-electron chi connectivity index (χ0n) is 8.81. The average Bonchev–Trinajstić information content (AvgIpc) is 2.76. The van der Waals surface area contributed by atoms with Crippen molar-refractivity contribution in [3.63, 3.8) is 0 Å². The summed E-state index contributed by atoms with van der Waals surface area (Å²) in [5.41, 5.74) is 1.64. The zero-order chi connectivity index (χ0) is 11.8. The fourth-order valence-corrected chi connectivity index (χ4v) is 2.44. The third kappa shape index (κ3) is 1.74. The van der Waals surface area contributed by atoms with Crippen molar-refractivity contribution < 1.29 is 14.6 Å². The number of aromatic hydroxyl groups is 1.